The van der Waals surface area contributed by atoms with Gasteiger partial charge in [0.1, 0.15) is 0 Å². The van der Waals surface area contributed by atoms with Crippen LogP contribution in [-0.2, 0) is 9.59 Å². The fourth-order valence-electron chi connectivity index (χ4n) is 2.53. The lowest BCUT2D eigenvalue weighted by molar-refractivity contribution is -0.166. The van der Waals surface area contributed by atoms with E-state index in [1.165, 1.54) is 6.08 Å². The first-order valence-corrected chi connectivity index (χ1v) is 6.79. The van der Waals surface area contributed by atoms with E-state index in [0.29, 0.717) is 5.56 Å². The van der Waals surface area contributed by atoms with Crippen molar-refractivity contribution < 1.29 is 14.8 Å². The highest BCUT2D eigenvalue weighted by Crippen LogP contribution is 2.33. The van der Waals surface area contributed by atoms with Crippen molar-refractivity contribution >= 4 is 23.6 Å². The smallest absolute Gasteiger partial charge is 0.222 e. The van der Waals surface area contributed by atoms with Crippen molar-refractivity contribution in [1.29, 1.82) is 0 Å². The Morgan fingerprint density at radius 1 is 0.909 bits per heavy atom. The van der Waals surface area contributed by atoms with Crippen molar-refractivity contribution in [2.45, 2.75) is 0 Å². The van der Waals surface area contributed by atoms with Crippen LogP contribution in [0.3, 0.4) is 0 Å². The molecule has 1 N–H and O–H groups in total. The lowest BCUT2D eigenvalue weighted by atomic mass is 10.0. The zero-order valence-corrected chi connectivity index (χ0v) is 11.8. The summed E-state index contributed by atoms with van der Waals surface area (Å²) in [5.74, 6) is -1.36. The summed E-state index contributed by atoms with van der Waals surface area (Å²) in [5, 5.41) is 10.5. The van der Waals surface area contributed by atoms with Gasteiger partial charge < -0.3 is 0 Å². The predicted octanol–water partition coefficient (Wildman–Crippen LogP) is 3.32. The Hall–Kier alpha value is -2.82. The number of hydrogen-bond acceptors (Lipinski definition) is 3. The Kier molecular flexibility index (Phi) is 3.33. The lowest BCUT2D eigenvalue weighted by Crippen LogP contribution is -2.51. The zero-order valence-electron chi connectivity index (χ0n) is 11.8. The highest BCUT2D eigenvalue weighted by atomic mass is 16.6. The van der Waals surface area contributed by atoms with Gasteiger partial charge in [0.15, 0.2) is 5.69 Å². The maximum Gasteiger partial charge on any atom is 0.384 e. The molecule has 0 fully saturated rings. The van der Waals surface area contributed by atoms with E-state index in [0.717, 1.165) is 23.3 Å². The molecule has 1 aliphatic rings. The normalized spacial score (nSPS) is 16.0. The number of carbonyl (C=O) groups is 2. The van der Waals surface area contributed by atoms with Crippen molar-refractivity contribution in [3.63, 3.8) is 0 Å². The molecular formula is C18H14NO3+. The molecule has 108 valence electrons. The van der Waals surface area contributed by atoms with Crippen LogP contribution in [0.2, 0.25) is 0 Å². The molecule has 0 saturated heterocycles. The molecule has 0 saturated carbocycles. The Bertz CT molecular complexity index is 788. The number of hydrogen-bond donors (Lipinski definition) is 1. The molecule has 4 nitrogen and oxygen atoms in total. The standard InChI is InChI=1S/C18H14NO3/c1-2-13-12-15(14-6-4-3-5-7-14)8-9-16(13)19(22)17(20)10-11-18(19)21/h2-12,22H,1H2/q+1. The second-order valence-corrected chi connectivity index (χ2v) is 4.99. The molecule has 2 aromatic carbocycles. The summed E-state index contributed by atoms with van der Waals surface area (Å²) in [7, 11) is 0. The maximum atomic E-state index is 11.9. The first-order chi connectivity index (χ1) is 10.6. The number of nitrogens with zero attached hydrogens (tertiary/aromatic N) is 1. The topological polar surface area (TPSA) is 54.4 Å². The Balaban J connectivity index is 2.14. The molecule has 4 heteroatoms. The molecule has 0 unspecified atom stereocenters. The average Bonchev–Trinajstić information content (AvgIpc) is 2.83. The number of amides is 2. The predicted molar refractivity (Wildman–Crippen MR) is 84.7 cm³/mol. The van der Waals surface area contributed by atoms with E-state index in [2.05, 4.69) is 6.58 Å². The third-order valence-corrected chi connectivity index (χ3v) is 3.71. The number of rotatable bonds is 3. The van der Waals surface area contributed by atoms with Gasteiger partial charge in [0, 0.05) is 11.6 Å². The summed E-state index contributed by atoms with van der Waals surface area (Å²) in [6.45, 7) is 3.71. The van der Waals surface area contributed by atoms with E-state index in [1.54, 1.807) is 18.2 Å². The zero-order chi connectivity index (χ0) is 15.7. The molecule has 0 bridgehead atoms. The lowest BCUT2D eigenvalue weighted by Gasteiger charge is -2.20. The van der Waals surface area contributed by atoms with E-state index in [4.69, 9.17) is 0 Å². The first-order valence-electron chi connectivity index (χ1n) is 6.79. The van der Waals surface area contributed by atoms with Crippen LogP contribution >= 0.6 is 0 Å². The van der Waals surface area contributed by atoms with Gasteiger partial charge in [-0.15, -0.1) is 0 Å². The van der Waals surface area contributed by atoms with Crippen LogP contribution in [0, 0.1) is 0 Å². The van der Waals surface area contributed by atoms with Gasteiger partial charge in [-0.05, 0) is 27.9 Å². The SMILES string of the molecule is C=Cc1cc(-c2ccccc2)ccc1[N+]1(O)C(=O)C=CC1=O. The van der Waals surface area contributed by atoms with Crippen LogP contribution < -0.4 is 4.65 Å². The van der Waals surface area contributed by atoms with Gasteiger partial charge >= 0.3 is 11.8 Å². The third kappa shape index (κ3) is 2.02. The maximum absolute atomic E-state index is 11.9. The van der Waals surface area contributed by atoms with E-state index < -0.39 is 16.5 Å². The molecule has 0 atom stereocenters. The summed E-state index contributed by atoms with van der Waals surface area (Å²) in [4.78, 5) is 23.8. The van der Waals surface area contributed by atoms with Gasteiger partial charge in [0.2, 0.25) is 0 Å². The number of imide groups is 1. The van der Waals surface area contributed by atoms with Crippen molar-refractivity contribution in [2.75, 3.05) is 0 Å². The fourth-order valence-corrected chi connectivity index (χ4v) is 2.53. The summed E-state index contributed by atoms with van der Waals surface area (Å²) in [5.41, 5.74) is 2.65. The molecule has 3 rings (SSSR count). The van der Waals surface area contributed by atoms with Crippen LogP contribution in [0.15, 0.2) is 67.3 Å². The highest BCUT2D eigenvalue weighted by Gasteiger charge is 2.49. The Labute approximate surface area is 127 Å². The van der Waals surface area contributed by atoms with E-state index in [1.807, 2.05) is 30.3 Å². The molecule has 0 aliphatic carbocycles. The summed E-state index contributed by atoms with van der Waals surface area (Å²) < 4.78 is -1.36. The molecule has 0 radical (unpaired) electrons. The van der Waals surface area contributed by atoms with Gasteiger partial charge in [0.05, 0.1) is 12.2 Å². The number of benzene rings is 2. The molecule has 0 aromatic heterocycles. The molecule has 1 aliphatic heterocycles. The van der Waals surface area contributed by atoms with Crippen LogP contribution in [0.1, 0.15) is 5.56 Å². The van der Waals surface area contributed by atoms with E-state index >= 15 is 0 Å². The minimum atomic E-state index is -1.36. The number of quaternary nitrogens is 1. The van der Waals surface area contributed by atoms with E-state index in [-0.39, 0.29) is 5.69 Å². The average molecular weight is 292 g/mol. The van der Waals surface area contributed by atoms with Crippen LogP contribution in [0.4, 0.5) is 5.69 Å². The van der Waals surface area contributed by atoms with Crippen LogP contribution in [0.5, 0.6) is 0 Å². The van der Waals surface area contributed by atoms with Crippen molar-refractivity contribution in [3.8, 4) is 11.1 Å². The van der Waals surface area contributed by atoms with Gasteiger partial charge in [0.25, 0.3) is 0 Å². The summed E-state index contributed by atoms with van der Waals surface area (Å²) in [6.07, 6.45) is 3.69. The molecular weight excluding hydrogens is 278 g/mol. The van der Waals surface area contributed by atoms with Gasteiger partial charge in [-0.1, -0.05) is 43.0 Å². The van der Waals surface area contributed by atoms with Crippen LogP contribution in [0.25, 0.3) is 17.2 Å². The number of hydroxylamine groups is 2. The van der Waals surface area contributed by atoms with Crippen molar-refractivity contribution in [3.05, 3.63) is 72.8 Å². The monoisotopic (exact) mass is 292 g/mol. The van der Waals surface area contributed by atoms with Gasteiger partial charge in [-0.25, -0.2) is 9.59 Å². The van der Waals surface area contributed by atoms with Crippen LogP contribution in [-0.4, -0.2) is 17.0 Å². The molecule has 1 heterocycles. The quantitative estimate of drug-likeness (QED) is 0.536. The second kappa shape index (κ2) is 5.18. The molecule has 22 heavy (non-hydrogen) atoms. The van der Waals surface area contributed by atoms with Crippen molar-refractivity contribution in [2.24, 2.45) is 0 Å². The molecule has 0 spiro atoms. The second-order valence-electron chi connectivity index (χ2n) is 4.99. The number of carbonyl (C=O) groups excluding carboxylic acids is 2. The minimum absolute atomic E-state index is 0.203. The summed E-state index contributed by atoms with van der Waals surface area (Å²) >= 11 is 0. The third-order valence-electron chi connectivity index (χ3n) is 3.71. The minimum Gasteiger partial charge on any atom is -0.222 e. The van der Waals surface area contributed by atoms with Gasteiger partial charge in [-0.2, -0.15) is 5.21 Å². The van der Waals surface area contributed by atoms with Crippen molar-refractivity contribution in [1.82, 2.24) is 4.65 Å². The van der Waals surface area contributed by atoms with Gasteiger partial charge in [-0.3, -0.25) is 0 Å². The largest absolute Gasteiger partial charge is 0.384 e. The van der Waals surface area contributed by atoms with E-state index in [9.17, 15) is 14.8 Å². The Morgan fingerprint density at radius 3 is 2.14 bits per heavy atom. The first kappa shape index (κ1) is 14.1. The summed E-state index contributed by atoms with van der Waals surface area (Å²) in [6, 6.07) is 14.8. The highest BCUT2D eigenvalue weighted by molar-refractivity contribution is 6.21. The molecule has 2 amide bonds. The Morgan fingerprint density at radius 2 is 1.55 bits per heavy atom. The molecule has 2 aromatic rings. The fraction of sp³-hybridized carbons (Fsp3) is 0.